The van der Waals surface area contributed by atoms with Gasteiger partial charge in [0, 0.05) is 34.8 Å². The van der Waals surface area contributed by atoms with E-state index in [1.165, 1.54) is 16.3 Å². The molecule has 33 heavy (non-hydrogen) atoms. The second-order valence-electron chi connectivity index (χ2n) is 8.11. The van der Waals surface area contributed by atoms with E-state index in [0.717, 1.165) is 27.9 Å². The largest absolute Gasteiger partial charge is 0.340 e. The summed E-state index contributed by atoms with van der Waals surface area (Å²) < 4.78 is 2.21. The van der Waals surface area contributed by atoms with Gasteiger partial charge in [0.05, 0.1) is 5.71 Å². The predicted molar refractivity (Wildman–Crippen MR) is 136 cm³/mol. The lowest BCUT2D eigenvalue weighted by Gasteiger charge is -2.08. The Kier molecular flexibility index (Phi) is 5.73. The zero-order valence-corrected chi connectivity index (χ0v) is 18.5. The predicted octanol–water partition coefficient (Wildman–Crippen LogP) is 6.39. The van der Waals surface area contributed by atoms with Crippen molar-refractivity contribution in [3.63, 3.8) is 0 Å². The fourth-order valence-electron chi connectivity index (χ4n) is 4.26. The molecule has 0 fully saturated rings. The molecular weight excluding hydrogens is 406 g/mol. The fraction of sp³-hybridized carbons (Fsp3) is 0.103. The van der Waals surface area contributed by atoms with Gasteiger partial charge in [0.2, 0.25) is 5.91 Å². The molecule has 1 amide bonds. The molecule has 4 heteroatoms. The molecule has 5 aromatic rings. The maximum Gasteiger partial charge on any atom is 0.241 e. The molecule has 0 bridgehead atoms. The van der Waals surface area contributed by atoms with Gasteiger partial charge in [-0.25, -0.2) is 5.43 Å². The highest BCUT2D eigenvalue weighted by Gasteiger charge is 2.11. The van der Waals surface area contributed by atoms with Crippen LogP contribution in [0.2, 0.25) is 0 Å². The average Bonchev–Trinajstić information content (AvgIpc) is 3.20. The molecular formula is C29H25N3O. The standard InChI is InChI=1S/C29H25N3O/c1-21(22-15-17-24(18-16-22)23-9-3-2-4-10-23)30-31-29(33)19-20-32-27-13-7-5-11-25(27)26-12-6-8-14-28(26)32/h2-18H,19-20H2,1H3,(H,31,33)/b30-21-. The first kappa shape index (κ1) is 20.7. The molecule has 4 nitrogen and oxygen atoms in total. The Morgan fingerprint density at radius 1 is 0.727 bits per heavy atom. The molecule has 0 unspecified atom stereocenters. The van der Waals surface area contributed by atoms with E-state index in [1.54, 1.807) is 0 Å². The van der Waals surface area contributed by atoms with Crippen LogP contribution < -0.4 is 5.43 Å². The number of carbonyl (C=O) groups is 1. The van der Waals surface area contributed by atoms with Crippen LogP contribution in [0.1, 0.15) is 18.9 Å². The summed E-state index contributed by atoms with van der Waals surface area (Å²) in [6.45, 7) is 2.50. The molecule has 0 spiro atoms. The lowest BCUT2D eigenvalue weighted by molar-refractivity contribution is -0.121. The SMILES string of the molecule is C/C(=N/NC(=O)CCn1c2ccccc2c2ccccc21)c1ccc(-c2ccccc2)cc1. The molecule has 0 radical (unpaired) electrons. The van der Waals surface area contributed by atoms with Crippen molar-refractivity contribution in [2.45, 2.75) is 19.9 Å². The van der Waals surface area contributed by atoms with Crippen LogP contribution in [0.4, 0.5) is 0 Å². The Hall–Kier alpha value is -4.18. The van der Waals surface area contributed by atoms with Gasteiger partial charge in [0.1, 0.15) is 0 Å². The third-order valence-electron chi connectivity index (χ3n) is 6.00. The number of nitrogens with one attached hydrogen (secondary N) is 1. The van der Waals surface area contributed by atoms with Crippen LogP contribution in [-0.2, 0) is 11.3 Å². The number of amides is 1. The summed E-state index contributed by atoms with van der Waals surface area (Å²) in [5, 5.41) is 6.75. The van der Waals surface area contributed by atoms with Crippen LogP contribution in [0.5, 0.6) is 0 Å². The van der Waals surface area contributed by atoms with Crippen LogP contribution in [-0.4, -0.2) is 16.2 Å². The monoisotopic (exact) mass is 431 g/mol. The van der Waals surface area contributed by atoms with Gasteiger partial charge in [-0.3, -0.25) is 4.79 Å². The van der Waals surface area contributed by atoms with Gasteiger partial charge in [0.25, 0.3) is 0 Å². The minimum absolute atomic E-state index is 0.0999. The molecule has 0 atom stereocenters. The van der Waals surface area contributed by atoms with Crippen molar-refractivity contribution in [3.8, 4) is 11.1 Å². The summed E-state index contributed by atoms with van der Waals surface area (Å²) in [4.78, 5) is 12.6. The number of nitrogens with zero attached hydrogens (tertiary/aromatic N) is 2. The van der Waals surface area contributed by atoms with Crippen LogP contribution in [0, 0.1) is 0 Å². The minimum Gasteiger partial charge on any atom is -0.340 e. The summed E-state index contributed by atoms with van der Waals surface area (Å²) in [6.07, 6.45) is 0.354. The van der Waals surface area contributed by atoms with E-state index < -0.39 is 0 Å². The van der Waals surface area contributed by atoms with Crippen LogP contribution in [0.15, 0.2) is 108 Å². The Labute approximate surface area is 193 Å². The van der Waals surface area contributed by atoms with Crippen molar-refractivity contribution < 1.29 is 4.79 Å². The Morgan fingerprint density at radius 2 is 1.27 bits per heavy atom. The molecule has 162 valence electrons. The highest BCUT2D eigenvalue weighted by molar-refractivity contribution is 6.08. The smallest absolute Gasteiger partial charge is 0.241 e. The molecule has 1 N–H and O–H groups in total. The van der Waals surface area contributed by atoms with Crippen LogP contribution in [0.3, 0.4) is 0 Å². The lowest BCUT2D eigenvalue weighted by atomic mass is 10.0. The fourth-order valence-corrected chi connectivity index (χ4v) is 4.26. The second-order valence-corrected chi connectivity index (χ2v) is 8.11. The van der Waals surface area contributed by atoms with Gasteiger partial charge in [-0.1, -0.05) is 91.0 Å². The summed E-state index contributed by atoms with van der Waals surface area (Å²) in [5.41, 5.74) is 9.10. The maximum absolute atomic E-state index is 12.6. The molecule has 1 aromatic heterocycles. The zero-order chi connectivity index (χ0) is 22.6. The number of para-hydroxylation sites is 2. The van der Waals surface area contributed by atoms with Crippen molar-refractivity contribution in [2.24, 2.45) is 5.10 Å². The van der Waals surface area contributed by atoms with Crippen molar-refractivity contribution in [3.05, 3.63) is 109 Å². The van der Waals surface area contributed by atoms with E-state index in [4.69, 9.17) is 0 Å². The number of aromatic nitrogens is 1. The normalized spacial score (nSPS) is 11.7. The molecule has 5 rings (SSSR count). The number of carbonyl (C=O) groups excluding carboxylic acids is 1. The quantitative estimate of drug-likeness (QED) is 0.246. The first-order valence-corrected chi connectivity index (χ1v) is 11.2. The highest BCUT2D eigenvalue weighted by Crippen LogP contribution is 2.28. The van der Waals surface area contributed by atoms with Gasteiger partial charge in [0.15, 0.2) is 0 Å². The van der Waals surface area contributed by atoms with Gasteiger partial charge in [-0.15, -0.1) is 0 Å². The van der Waals surface area contributed by atoms with E-state index in [9.17, 15) is 4.79 Å². The van der Waals surface area contributed by atoms with Crippen LogP contribution in [0.25, 0.3) is 32.9 Å². The number of hydrazone groups is 1. The molecule has 0 saturated carbocycles. The van der Waals surface area contributed by atoms with Gasteiger partial charge < -0.3 is 4.57 Å². The van der Waals surface area contributed by atoms with E-state index in [1.807, 2.05) is 49.4 Å². The molecule has 0 aliphatic heterocycles. The molecule has 0 saturated heterocycles. The summed E-state index contributed by atoms with van der Waals surface area (Å²) in [6, 6.07) is 35.1. The van der Waals surface area contributed by atoms with E-state index in [-0.39, 0.29) is 5.91 Å². The Morgan fingerprint density at radius 3 is 1.91 bits per heavy atom. The van der Waals surface area contributed by atoms with Crippen molar-refractivity contribution in [1.29, 1.82) is 0 Å². The molecule has 1 heterocycles. The summed E-state index contributed by atoms with van der Waals surface area (Å²) in [7, 11) is 0. The van der Waals surface area contributed by atoms with Gasteiger partial charge in [-0.2, -0.15) is 5.10 Å². The third kappa shape index (κ3) is 4.28. The number of fused-ring (bicyclic) bond motifs is 3. The maximum atomic E-state index is 12.6. The topological polar surface area (TPSA) is 46.4 Å². The van der Waals surface area contributed by atoms with E-state index in [2.05, 4.69) is 75.8 Å². The minimum atomic E-state index is -0.0999. The number of aryl methyl sites for hydroxylation is 1. The van der Waals surface area contributed by atoms with E-state index in [0.29, 0.717) is 13.0 Å². The summed E-state index contributed by atoms with van der Waals surface area (Å²) >= 11 is 0. The first-order valence-electron chi connectivity index (χ1n) is 11.2. The first-order chi connectivity index (χ1) is 16.2. The van der Waals surface area contributed by atoms with Crippen LogP contribution >= 0.6 is 0 Å². The van der Waals surface area contributed by atoms with Crippen molar-refractivity contribution in [2.75, 3.05) is 0 Å². The Bertz CT molecular complexity index is 1390. The van der Waals surface area contributed by atoms with Gasteiger partial charge >= 0.3 is 0 Å². The summed E-state index contributed by atoms with van der Waals surface area (Å²) in [5.74, 6) is -0.0999. The van der Waals surface area contributed by atoms with Gasteiger partial charge in [-0.05, 0) is 35.7 Å². The molecule has 0 aliphatic rings. The Balaban J connectivity index is 1.26. The van der Waals surface area contributed by atoms with E-state index >= 15 is 0 Å². The number of benzene rings is 4. The highest BCUT2D eigenvalue weighted by atomic mass is 16.2. The van der Waals surface area contributed by atoms with Crippen molar-refractivity contribution in [1.82, 2.24) is 9.99 Å². The molecule has 0 aliphatic carbocycles. The zero-order valence-electron chi connectivity index (χ0n) is 18.5. The average molecular weight is 432 g/mol. The van der Waals surface area contributed by atoms with Crippen molar-refractivity contribution >= 4 is 33.4 Å². The third-order valence-corrected chi connectivity index (χ3v) is 6.00. The number of hydrogen-bond donors (Lipinski definition) is 1. The number of hydrogen-bond acceptors (Lipinski definition) is 2. The number of rotatable bonds is 6. The second kappa shape index (κ2) is 9.13. The lowest BCUT2D eigenvalue weighted by Crippen LogP contribution is -2.20. The molecule has 4 aromatic carbocycles.